The number of rotatable bonds is 6. The van der Waals surface area contributed by atoms with Crippen LogP contribution in [0.15, 0.2) is 59.7 Å². The van der Waals surface area contributed by atoms with Gasteiger partial charge in [0.1, 0.15) is 12.4 Å². The van der Waals surface area contributed by atoms with E-state index in [9.17, 15) is 19.7 Å². The number of hydrogen-bond donors (Lipinski definition) is 0. The molecule has 2 aromatic rings. The molecule has 0 spiro atoms. The normalized spacial score (nSPS) is 25.7. The number of ether oxygens (including phenoxy) is 1. The van der Waals surface area contributed by atoms with Crippen LogP contribution in [0.2, 0.25) is 5.02 Å². The molecule has 2 aromatic carbocycles. The van der Waals surface area contributed by atoms with Crippen LogP contribution in [0.25, 0.3) is 0 Å². The number of carbonyl (C=O) groups excluding carboxylic acids is 2. The molecular formula is C23H18ClN3O5. The molecule has 2 bridgehead atoms. The summed E-state index contributed by atoms with van der Waals surface area (Å²) in [5, 5.41) is 16.2. The van der Waals surface area contributed by atoms with E-state index in [-0.39, 0.29) is 47.8 Å². The summed E-state index contributed by atoms with van der Waals surface area (Å²) in [4.78, 5) is 35.6. The maximum absolute atomic E-state index is 12.7. The van der Waals surface area contributed by atoms with Crippen molar-refractivity contribution in [3.63, 3.8) is 0 Å². The SMILES string of the molecule is O=C1C2C3C=CC(C3)C2C(=O)N1N=Cc1ccc(OCc2ccc([N+](=O)[O-])cc2)c(Cl)c1. The third-order valence-corrected chi connectivity index (χ3v) is 6.56. The fourth-order valence-corrected chi connectivity index (χ4v) is 4.96. The molecule has 1 heterocycles. The molecule has 2 aliphatic carbocycles. The Morgan fingerprint density at radius 3 is 2.34 bits per heavy atom. The van der Waals surface area contributed by atoms with E-state index in [2.05, 4.69) is 5.10 Å². The number of allylic oxidation sites excluding steroid dienone is 2. The molecule has 1 saturated heterocycles. The molecule has 1 saturated carbocycles. The number of imide groups is 1. The highest BCUT2D eigenvalue weighted by atomic mass is 35.5. The van der Waals surface area contributed by atoms with Gasteiger partial charge < -0.3 is 4.74 Å². The highest BCUT2D eigenvalue weighted by Gasteiger charge is 2.59. The highest BCUT2D eigenvalue weighted by Crippen LogP contribution is 2.52. The Labute approximate surface area is 188 Å². The number of nitro groups is 1. The number of hydrogen-bond acceptors (Lipinski definition) is 6. The first-order chi connectivity index (χ1) is 15.4. The summed E-state index contributed by atoms with van der Waals surface area (Å²) in [5.41, 5.74) is 1.40. The molecule has 5 rings (SSSR count). The van der Waals surface area contributed by atoms with E-state index >= 15 is 0 Å². The molecule has 0 aromatic heterocycles. The predicted molar refractivity (Wildman–Crippen MR) is 116 cm³/mol. The Bertz CT molecular complexity index is 1150. The van der Waals surface area contributed by atoms with E-state index in [1.165, 1.54) is 18.3 Å². The number of benzene rings is 2. The first-order valence-electron chi connectivity index (χ1n) is 10.2. The monoisotopic (exact) mass is 451 g/mol. The van der Waals surface area contributed by atoms with E-state index in [1.807, 2.05) is 12.2 Å². The standard InChI is InChI=1S/C23H18ClN3O5/c24-18-9-14(3-8-19(18)32-12-13-1-6-17(7-2-13)27(30)31)11-25-26-22(28)20-15-4-5-16(10-15)21(20)23(26)29/h1-9,11,15-16,20-21H,10,12H2. The quantitative estimate of drug-likeness (QED) is 0.217. The maximum Gasteiger partial charge on any atom is 0.269 e. The number of nitrogens with zero attached hydrogens (tertiary/aromatic N) is 3. The van der Waals surface area contributed by atoms with Crippen molar-refractivity contribution >= 4 is 35.3 Å². The first kappa shape index (κ1) is 20.4. The molecule has 8 nitrogen and oxygen atoms in total. The van der Waals surface area contributed by atoms with Crippen molar-refractivity contribution in [1.82, 2.24) is 5.01 Å². The molecule has 1 aliphatic heterocycles. The van der Waals surface area contributed by atoms with Gasteiger partial charge >= 0.3 is 0 Å². The number of carbonyl (C=O) groups is 2. The van der Waals surface area contributed by atoms with Crippen LogP contribution >= 0.6 is 11.6 Å². The smallest absolute Gasteiger partial charge is 0.269 e. The van der Waals surface area contributed by atoms with Gasteiger partial charge in [-0.3, -0.25) is 19.7 Å². The Morgan fingerprint density at radius 2 is 1.75 bits per heavy atom. The second-order valence-electron chi connectivity index (χ2n) is 8.13. The van der Waals surface area contributed by atoms with Gasteiger partial charge in [0.25, 0.3) is 17.5 Å². The third kappa shape index (κ3) is 3.46. The molecule has 0 N–H and O–H groups in total. The van der Waals surface area contributed by atoms with Gasteiger partial charge in [-0.15, -0.1) is 0 Å². The molecule has 3 aliphatic rings. The number of hydrazone groups is 1. The number of non-ortho nitro benzene ring substituents is 1. The lowest BCUT2D eigenvalue weighted by Gasteiger charge is -2.13. The van der Waals surface area contributed by atoms with Crippen LogP contribution in [-0.4, -0.2) is 28.0 Å². The largest absolute Gasteiger partial charge is 0.487 e. The molecule has 162 valence electrons. The summed E-state index contributed by atoms with van der Waals surface area (Å²) in [6.45, 7) is 0.196. The first-order valence-corrected chi connectivity index (χ1v) is 10.6. The highest BCUT2D eigenvalue weighted by molar-refractivity contribution is 6.32. The van der Waals surface area contributed by atoms with Crippen molar-refractivity contribution in [1.29, 1.82) is 0 Å². The van der Waals surface area contributed by atoms with Crippen molar-refractivity contribution in [2.45, 2.75) is 13.0 Å². The van der Waals surface area contributed by atoms with Crippen molar-refractivity contribution < 1.29 is 19.2 Å². The fourth-order valence-electron chi connectivity index (χ4n) is 4.71. The summed E-state index contributed by atoms with van der Waals surface area (Å²) in [7, 11) is 0. The van der Waals surface area contributed by atoms with Gasteiger partial charge in [0.05, 0.1) is 28.0 Å². The summed E-state index contributed by atoms with van der Waals surface area (Å²) in [6.07, 6.45) is 6.40. The topological polar surface area (TPSA) is 102 Å². The van der Waals surface area contributed by atoms with Crippen molar-refractivity contribution in [2.24, 2.45) is 28.8 Å². The van der Waals surface area contributed by atoms with Crippen LogP contribution in [0.3, 0.4) is 0 Å². The van der Waals surface area contributed by atoms with Gasteiger partial charge in [-0.05, 0) is 59.7 Å². The molecule has 0 radical (unpaired) electrons. The summed E-state index contributed by atoms with van der Waals surface area (Å²) < 4.78 is 5.70. The van der Waals surface area contributed by atoms with Crippen molar-refractivity contribution in [3.05, 3.63) is 80.9 Å². The average molecular weight is 452 g/mol. The lowest BCUT2D eigenvalue weighted by atomic mass is 9.85. The summed E-state index contributed by atoms with van der Waals surface area (Å²) in [5.74, 6) is -0.314. The molecule has 9 heteroatoms. The summed E-state index contributed by atoms with van der Waals surface area (Å²) >= 11 is 6.31. The minimum Gasteiger partial charge on any atom is -0.487 e. The Hall–Kier alpha value is -3.52. The van der Waals surface area contributed by atoms with Gasteiger partial charge in [-0.25, -0.2) is 0 Å². The number of nitro benzene ring substituents is 1. The Kier molecular flexibility index (Phi) is 5.01. The van der Waals surface area contributed by atoms with Crippen LogP contribution < -0.4 is 4.74 Å². The van der Waals surface area contributed by atoms with E-state index in [0.717, 1.165) is 17.0 Å². The lowest BCUT2D eigenvalue weighted by molar-refractivity contribution is -0.384. The van der Waals surface area contributed by atoms with Crippen molar-refractivity contribution in [3.8, 4) is 5.75 Å². The zero-order valence-corrected chi connectivity index (χ0v) is 17.5. The van der Waals surface area contributed by atoms with Gasteiger partial charge in [-0.2, -0.15) is 10.1 Å². The van der Waals surface area contributed by atoms with E-state index < -0.39 is 4.92 Å². The molecule has 4 unspecified atom stereocenters. The van der Waals surface area contributed by atoms with Crippen LogP contribution in [0, 0.1) is 33.8 Å². The minimum atomic E-state index is -0.460. The Balaban J connectivity index is 1.24. The average Bonchev–Trinajstić information content (AvgIpc) is 3.46. The molecule has 2 fully saturated rings. The second-order valence-corrected chi connectivity index (χ2v) is 8.54. The van der Waals surface area contributed by atoms with Gasteiger partial charge in [0, 0.05) is 12.1 Å². The van der Waals surface area contributed by atoms with E-state index in [1.54, 1.807) is 30.3 Å². The van der Waals surface area contributed by atoms with Crippen LogP contribution in [0.4, 0.5) is 5.69 Å². The minimum absolute atomic E-state index is 0.0120. The zero-order valence-electron chi connectivity index (χ0n) is 16.8. The van der Waals surface area contributed by atoms with Crippen LogP contribution in [-0.2, 0) is 16.2 Å². The number of amides is 2. The van der Waals surface area contributed by atoms with E-state index in [4.69, 9.17) is 16.3 Å². The lowest BCUT2D eigenvalue weighted by Crippen LogP contribution is -2.28. The Morgan fingerprint density at radius 1 is 1.09 bits per heavy atom. The number of fused-ring (bicyclic) bond motifs is 5. The van der Waals surface area contributed by atoms with Crippen molar-refractivity contribution in [2.75, 3.05) is 0 Å². The van der Waals surface area contributed by atoms with Crippen LogP contribution in [0.5, 0.6) is 5.75 Å². The third-order valence-electron chi connectivity index (χ3n) is 6.27. The molecule has 32 heavy (non-hydrogen) atoms. The maximum atomic E-state index is 12.7. The molecule has 4 atom stereocenters. The fraction of sp³-hybridized carbons (Fsp3) is 0.261. The number of halogens is 1. The molecule has 2 amide bonds. The van der Waals surface area contributed by atoms with Crippen LogP contribution in [0.1, 0.15) is 17.5 Å². The van der Waals surface area contributed by atoms with Gasteiger partial charge in [-0.1, -0.05) is 23.8 Å². The van der Waals surface area contributed by atoms with Gasteiger partial charge in [0.2, 0.25) is 0 Å². The zero-order chi connectivity index (χ0) is 22.4. The predicted octanol–water partition coefficient (Wildman–Crippen LogP) is 3.97. The van der Waals surface area contributed by atoms with E-state index in [0.29, 0.717) is 16.3 Å². The molecular weight excluding hydrogens is 434 g/mol. The summed E-state index contributed by atoms with van der Waals surface area (Å²) in [6, 6.07) is 11.1. The second kappa shape index (κ2) is 7.87. The van der Waals surface area contributed by atoms with Gasteiger partial charge in [0.15, 0.2) is 0 Å².